The van der Waals surface area contributed by atoms with Crippen molar-refractivity contribution in [2.45, 2.75) is 16.2 Å². The number of hydrogen-bond donors (Lipinski definition) is 0. The molecule has 0 fully saturated rings. The lowest BCUT2D eigenvalue weighted by Crippen LogP contribution is -2.21. The van der Waals surface area contributed by atoms with Gasteiger partial charge >= 0.3 is 0 Å². The summed E-state index contributed by atoms with van der Waals surface area (Å²) in [5.74, 6) is -0.321. The molecule has 0 spiro atoms. The first kappa shape index (κ1) is 21.9. The van der Waals surface area contributed by atoms with Crippen LogP contribution in [0.5, 0.6) is 0 Å². The lowest BCUT2D eigenvalue weighted by Gasteiger charge is -2.21. The van der Waals surface area contributed by atoms with Crippen molar-refractivity contribution in [1.29, 1.82) is 0 Å². The minimum atomic E-state index is -1.06. The minimum absolute atomic E-state index is 0.141. The van der Waals surface area contributed by atoms with Gasteiger partial charge in [0, 0.05) is 50.4 Å². The maximum Gasteiger partial charge on any atom is 0.196 e. The molecule has 1 aliphatic carbocycles. The fourth-order valence-electron chi connectivity index (χ4n) is 4.12. The van der Waals surface area contributed by atoms with E-state index in [-0.39, 0.29) is 11.6 Å². The third-order valence-corrected chi connectivity index (χ3v) is 7.82. The Labute approximate surface area is 204 Å². The molecule has 0 bridgehead atoms. The molecule has 0 saturated heterocycles. The molecule has 1 unspecified atom stereocenters. The Bertz CT molecular complexity index is 1430. The second-order valence-corrected chi connectivity index (χ2v) is 9.93. The summed E-state index contributed by atoms with van der Waals surface area (Å²) < 4.78 is 12.3. The number of halogens is 2. The number of rotatable bonds is 0. The molecule has 33 heavy (non-hydrogen) atoms. The first-order chi connectivity index (χ1) is 16.0. The van der Waals surface area contributed by atoms with Gasteiger partial charge in [-0.1, -0.05) is 77.8 Å². The van der Waals surface area contributed by atoms with Crippen LogP contribution in [0.4, 0.5) is 0 Å². The van der Waals surface area contributed by atoms with Crippen molar-refractivity contribution in [2.75, 3.05) is 0 Å². The molecule has 0 saturated carbocycles. The summed E-state index contributed by atoms with van der Waals surface area (Å²) in [5, 5.41) is 1.03. The molecular formula is C27H16Cl2O3S. The molecule has 0 N–H and O–H groups in total. The van der Waals surface area contributed by atoms with Gasteiger partial charge in [0.05, 0.1) is 10.6 Å². The van der Waals surface area contributed by atoms with Crippen LogP contribution in [0, 0.1) is 0 Å². The number of fused-ring (bicyclic) bond motifs is 4. The quantitative estimate of drug-likeness (QED) is 0.232. The molecule has 0 radical (unpaired) electrons. The highest BCUT2D eigenvalue weighted by Gasteiger charge is 2.31. The summed E-state index contributed by atoms with van der Waals surface area (Å²) in [6, 6.07) is 25.2. The van der Waals surface area contributed by atoms with Crippen molar-refractivity contribution in [1.82, 2.24) is 0 Å². The second kappa shape index (κ2) is 8.81. The average Bonchev–Trinajstić information content (AvgIpc) is 2.83. The van der Waals surface area contributed by atoms with Gasteiger partial charge < -0.3 is 4.55 Å². The van der Waals surface area contributed by atoms with E-state index >= 15 is 0 Å². The van der Waals surface area contributed by atoms with Gasteiger partial charge in [-0.15, -0.1) is 0 Å². The lowest BCUT2D eigenvalue weighted by molar-refractivity contribution is 0.0979. The van der Waals surface area contributed by atoms with E-state index < -0.39 is 11.2 Å². The highest BCUT2D eigenvalue weighted by atomic mass is 35.5. The van der Waals surface area contributed by atoms with Crippen LogP contribution in [0.3, 0.4) is 0 Å². The van der Waals surface area contributed by atoms with Crippen LogP contribution in [0.25, 0.3) is 0 Å². The van der Waals surface area contributed by atoms with Crippen LogP contribution in [0.2, 0.25) is 10.0 Å². The zero-order valence-corrected chi connectivity index (χ0v) is 19.5. The van der Waals surface area contributed by atoms with Gasteiger partial charge in [0.1, 0.15) is 0 Å². The van der Waals surface area contributed by atoms with E-state index in [1.807, 2.05) is 36.4 Å². The first-order valence-electron chi connectivity index (χ1n) is 10.2. The van der Waals surface area contributed by atoms with Crippen LogP contribution in [0.1, 0.15) is 43.0 Å². The number of carbonyl (C=O) groups is 2. The zero-order chi connectivity index (χ0) is 23.1. The van der Waals surface area contributed by atoms with E-state index in [2.05, 4.69) is 0 Å². The minimum Gasteiger partial charge on any atom is -0.606 e. The van der Waals surface area contributed by atoms with E-state index in [1.165, 1.54) is 0 Å². The molecule has 2 aliphatic rings. The van der Waals surface area contributed by atoms with E-state index in [1.54, 1.807) is 48.5 Å². The predicted octanol–water partition coefficient (Wildman–Crippen LogP) is 6.53. The van der Waals surface area contributed by atoms with Crippen molar-refractivity contribution in [3.63, 3.8) is 0 Å². The molecular weight excluding hydrogens is 475 g/mol. The molecule has 6 rings (SSSR count). The molecule has 4 aromatic rings. The topological polar surface area (TPSA) is 57.2 Å². The van der Waals surface area contributed by atoms with Gasteiger partial charge in [-0.2, -0.15) is 0 Å². The van der Waals surface area contributed by atoms with Crippen LogP contribution in [-0.2, 0) is 17.6 Å². The smallest absolute Gasteiger partial charge is 0.196 e. The lowest BCUT2D eigenvalue weighted by atomic mass is 9.84. The summed E-state index contributed by atoms with van der Waals surface area (Å²) in [6.07, 6.45) is 0.817. The molecule has 3 nitrogen and oxygen atoms in total. The molecule has 1 aliphatic heterocycles. The number of hydrogen-bond acceptors (Lipinski definition) is 3. The Morgan fingerprint density at radius 1 is 0.667 bits per heavy atom. The monoisotopic (exact) mass is 490 g/mol. The van der Waals surface area contributed by atoms with E-state index in [4.69, 9.17) is 23.2 Å². The van der Waals surface area contributed by atoms with Crippen molar-refractivity contribution < 1.29 is 14.1 Å². The molecule has 1 atom stereocenters. The highest BCUT2D eigenvalue weighted by molar-refractivity contribution is 7.91. The van der Waals surface area contributed by atoms with Crippen molar-refractivity contribution in [3.05, 3.63) is 128 Å². The summed E-state index contributed by atoms with van der Waals surface area (Å²) in [6.45, 7) is 0. The fraction of sp³-hybridized carbons (Fsp3) is 0.0370. The van der Waals surface area contributed by atoms with Gasteiger partial charge in [-0.3, -0.25) is 9.59 Å². The Balaban J connectivity index is 0.000000139. The fourth-order valence-corrected chi connectivity index (χ4v) is 5.96. The molecule has 4 aromatic carbocycles. The third kappa shape index (κ3) is 3.90. The maximum atomic E-state index is 12.3. The van der Waals surface area contributed by atoms with Gasteiger partial charge in [-0.05, 0) is 30.3 Å². The molecule has 0 aromatic heterocycles. The van der Waals surface area contributed by atoms with Crippen LogP contribution >= 0.6 is 23.2 Å². The normalized spacial score (nSPS) is 15.4. The average molecular weight is 491 g/mol. The van der Waals surface area contributed by atoms with Crippen LogP contribution in [0.15, 0.2) is 94.7 Å². The first-order valence-corrected chi connectivity index (χ1v) is 12.1. The Morgan fingerprint density at radius 3 is 2.09 bits per heavy atom. The molecule has 0 amide bonds. The predicted molar refractivity (Wildman–Crippen MR) is 130 cm³/mol. The Hall–Kier alpha value is -2.89. The largest absolute Gasteiger partial charge is 0.606 e. The Kier molecular flexibility index (Phi) is 5.85. The summed E-state index contributed by atoms with van der Waals surface area (Å²) in [5.41, 5.74) is 3.80. The highest BCUT2D eigenvalue weighted by Crippen LogP contribution is 2.35. The van der Waals surface area contributed by atoms with Gasteiger partial charge in [0.25, 0.3) is 0 Å². The summed E-state index contributed by atoms with van der Waals surface area (Å²) >= 11 is 10.9. The van der Waals surface area contributed by atoms with Crippen LogP contribution < -0.4 is 0 Å². The van der Waals surface area contributed by atoms with Gasteiger partial charge in [-0.25, -0.2) is 0 Å². The van der Waals surface area contributed by atoms with E-state index in [0.717, 1.165) is 27.3 Å². The second-order valence-electron chi connectivity index (χ2n) is 7.67. The molecule has 6 heteroatoms. The summed E-state index contributed by atoms with van der Waals surface area (Å²) in [4.78, 5) is 26.3. The van der Waals surface area contributed by atoms with Crippen LogP contribution in [-0.4, -0.2) is 16.1 Å². The third-order valence-electron chi connectivity index (χ3n) is 5.68. The van der Waals surface area contributed by atoms with Crippen molar-refractivity contribution in [2.24, 2.45) is 0 Å². The summed E-state index contributed by atoms with van der Waals surface area (Å²) in [7, 11) is 0. The molecule has 1 heterocycles. The standard InChI is InChI=1S/C14H7ClO2.C13H9ClOS/c15-11-7-3-6-10-12(11)14(17)9-5-2-1-4-8(9)13(10)16;14-11-5-6-13-10(8-11)7-9-3-1-2-4-12(9)16(13)15/h1-7H;1-6,8H,7H2. The Morgan fingerprint density at radius 2 is 1.30 bits per heavy atom. The maximum absolute atomic E-state index is 12.3. The van der Waals surface area contributed by atoms with E-state index in [0.29, 0.717) is 32.3 Å². The van der Waals surface area contributed by atoms with Gasteiger partial charge in [0.15, 0.2) is 21.4 Å². The van der Waals surface area contributed by atoms with Gasteiger partial charge in [0.2, 0.25) is 0 Å². The SMILES string of the molecule is O=C1c2ccccc2C(=O)c2c(Cl)cccc21.[O-][S+]1c2ccccc2Cc2cc(Cl)ccc21. The number of benzene rings is 4. The van der Waals surface area contributed by atoms with E-state index in [9.17, 15) is 14.1 Å². The van der Waals surface area contributed by atoms with Crippen molar-refractivity contribution in [3.8, 4) is 0 Å². The number of ketones is 2. The zero-order valence-electron chi connectivity index (χ0n) is 17.2. The number of carbonyl (C=O) groups excluding carboxylic acids is 2. The van der Waals surface area contributed by atoms with Crippen molar-refractivity contribution >= 4 is 45.9 Å². The molecule has 162 valence electrons.